The Morgan fingerprint density at radius 2 is 1.76 bits per heavy atom. The number of carbonyl (C=O) groups is 3. The maximum absolute atomic E-state index is 12.9. The molecule has 0 aromatic heterocycles. The molecule has 1 aliphatic heterocycles. The first-order valence-corrected chi connectivity index (χ1v) is 13.6. The lowest BCUT2D eigenvalue weighted by atomic mass is 10.1. The van der Waals surface area contributed by atoms with Crippen molar-refractivity contribution in [1.29, 1.82) is 0 Å². The molecule has 1 N–H and O–H groups in total. The van der Waals surface area contributed by atoms with Gasteiger partial charge in [0.25, 0.3) is 17.1 Å². The van der Waals surface area contributed by atoms with Gasteiger partial charge in [0, 0.05) is 10.2 Å². The minimum Gasteiger partial charge on any atom is -0.490 e. The largest absolute Gasteiger partial charge is 0.490 e. The van der Waals surface area contributed by atoms with Crippen molar-refractivity contribution in [1.82, 2.24) is 4.90 Å². The van der Waals surface area contributed by atoms with Gasteiger partial charge in [0.05, 0.1) is 18.1 Å². The lowest BCUT2D eigenvalue weighted by Gasteiger charge is -2.14. The molecule has 7 nitrogen and oxygen atoms in total. The second-order valence-corrected chi connectivity index (χ2v) is 10.6. The Morgan fingerprint density at radius 3 is 2.47 bits per heavy atom. The van der Waals surface area contributed by atoms with Gasteiger partial charge in [-0.3, -0.25) is 19.3 Å². The lowest BCUT2D eigenvalue weighted by molar-refractivity contribution is -0.123. The summed E-state index contributed by atoms with van der Waals surface area (Å²) in [7, 11) is 0. The van der Waals surface area contributed by atoms with Gasteiger partial charge >= 0.3 is 0 Å². The van der Waals surface area contributed by atoms with Gasteiger partial charge in [0.15, 0.2) is 18.1 Å². The van der Waals surface area contributed by atoms with Crippen LogP contribution in [0.2, 0.25) is 0 Å². The molecule has 0 saturated carbocycles. The Balaban J connectivity index is 1.44. The molecule has 1 aliphatic rings. The summed E-state index contributed by atoms with van der Waals surface area (Å²) in [6, 6.07) is 18.4. The second-order valence-electron chi connectivity index (χ2n) is 8.69. The highest BCUT2D eigenvalue weighted by molar-refractivity contribution is 9.10. The van der Waals surface area contributed by atoms with Gasteiger partial charge in [-0.1, -0.05) is 51.8 Å². The molecule has 0 radical (unpaired) electrons. The van der Waals surface area contributed by atoms with Crippen molar-refractivity contribution < 1.29 is 23.9 Å². The van der Waals surface area contributed by atoms with Crippen LogP contribution in [0.25, 0.3) is 6.08 Å². The van der Waals surface area contributed by atoms with E-state index in [9.17, 15) is 14.4 Å². The number of nitrogens with one attached hydrogen (secondary N) is 1. The SMILES string of the molecule is CCOc1cc(/C=C2\SC(=O)N(Cc3ccc(Br)cc3)C2=O)ccc1OCC(=O)Nc1ccc(C)cc1C. The topological polar surface area (TPSA) is 84.9 Å². The zero-order valence-corrected chi connectivity index (χ0v) is 23.6. The van der Waals surface area contributed by atoms with Gasteiger partial charge in [0.2, 0.25) is 0 Å². The number of aryl methyl sites for hydroxylation is 2. The standard InChI is InChI=1S/C29H27BrN2O5S/c1-4-36-25-14-21(8-12-24(25)37-17-27(33)31-23-11-5-18(2)13-19(23)3)15-26-28(34)32(29(35)38-26)16-20-6-9-22(30)10-7-20/h5-15H,4,16-17H2,1-3H3,(H,31,33)/b26-15-. The Labute approximate surface area is 234 Å². The second kappa shape index (κ2) is 12.3. The van der Waals surface area contributed by atoms with Crippen LogP contribution in [-0.2, 0) is 16.1 Å². The molecule has 1 heterocycles. The van der Waals surface area contributed by atoms with Gasteiger partial charge in [-0.15, -0.1) is 0 Å². The molecule has 0 aliphatic carbocycles. The van der Waals surface area contributed by atoms with E-state index < -0.39 is 0 Å². The van der Waals surface area contributed by atoms with Crippen LogP contribution < -0.4 is 14.8 Å². The molecule has 196 valence electrons. The van der Waals surface area contributed by atoms with Crippen molar-refractivity contribution in [3.05, 3.63) is 92.3 Å². The fourth-order valence-corrected chi connectivity index (χ4v) is 4.95. The quantitative estimate of drug-likeness (QED) is 0.277. The summed E-state index contributed by atoms with van der Waals surface area (Å²) in [5, 5.41) is 2.54. The maximum atomic E-state index is 12.9. The molecular formula is C29H27BrN2O5S. The molecule has 0 atom stereocenters. The van der Waals surface area contributed by atoms with Gasteiger partial charge < -0.3 is 14.8 Å². The van der Waals surface area contributed by atoms with Gasteiger partial charge in [-0.05, 0) is 85.6 Å². The molecular weight excluding hydrogens is 568 g/mol. The first-order chi connectivity index (χ1) is 18.2. The number of amides is 3. The number of nitrogens with zero attached hydrogens (tertiary/aromatic N) is 1. The number of benzene rings is 3. The molecule has 0 bridgehead atoms. The highest BCUT2D eigenvalue weighted by Crippen LogP contribution is 2.35. The van der Waals surface area contributed by atoms with Crippen molar-refractivity contribution in [3.63, 3.8) is 0 Å². The van der Waals surface area contributed by atoms with Crippen molar-refractivity contribution in [3.8, 4) is 11.5 Å². The monoisotopic (exact) mass is 594 g/mol. The maximum Gasteiger partial charge on any atom is 0.293 e. The highest BCUT2D eigenvalue weighted by Gasteiger charge is 2.35. The van der Waals surface area contributed by atoms with Crippen LogP contribution in [0.4, 0.5) is 10.5 Å². The first-order valence-electron chi connectivity index (χ1n) is 12.0. The van der Waals surface area contributed by atoms with Crippen LogP contribution in [0.1, 0.15) is 29.2 Å². The fourth-order valence-electron chi connectivity index (χ4n) is 3.85. The number of hydrogen-bond acceptors (Lipinski definition) is 6. The summed E-state index contributed by atoms with van der Waals surface area (Å²) in [5.41, 5.74) is 4.36. The number of thioether (sulfide) groups is 1. The first kappa shape index (κ1) is 27.5. The molecule has 3 aromatic carbocycles. The number of anilines is 1. The Hall–Kier alpha value is -3.56. The van der Waals surface area contributed by atoms with Crippen molar-refractivity contribution in [2.24, 2.45) is 0 Å². The predicted molar refractivity (Wildman–Crippen MR) is 153 cm³/mol. The van der Waals surface area contributed by atoms with Gasteiger partial charge in [0.1, 0.15) is 0 Å². The normalized spacial score (nSPS) is 14.2. The Kier molecular flexibility index (Phi) is 8.91. The Bertz CT molecular complexity index is 1400. The van der Waals surface area contributed by atoms with Crippen LogP contribution in [0.5, 0.6) is 11.5 Å². The van der Waals surface area contributed by atoms with E-state index in [2.05, 4.69) is 21.2 Å². The number of rotatable bonds is 9. The summed E-state index contributed by atoms with van der Waals surface area (Å²) >= 11 is 4.29. The smallest absolute Gasteiger partial charge is 0.293 e. The highest BCUT2D eigenvalue weighted by atomic mass is 79.9. The Morgan fingerprint density at radius 1 is 1.00 bits per heavy atom. The van der Waals surface area contributed by atoms with Crippen molar-refractivity contribution >= 4 is 56.5 Å². The van der Waals surface area contributed by atoms with E-state index in [1.807, 2.05) is 63.2 Å². The molecule has 3 amide bonds. The van der Waals surface area contributed by atoms with Crippen molar-refractivity contribution in [2.45, 2.75) is 27.3 Å². The van der Waals surface area contributed by atoms with Gasteiger partial charge in [-0.25, -0.2) is 0 Å². The molecule has 4 rings (SSSR count). The minimum atomic E-state index is -0.343. The average molecular weight is 596 g/mol. The summed E-state index contributed by atoms with van der Waals surface area (Å²) in [6.45, 7) is 6.17. The molecule has 1 saturated heterocycles. The molecule has 0 spiro atoms. The molecule has 3 aromatic rings. The summed E-state index contributed by atoms with van der Waals surface area (Å²) in [4.78, 5) is 39.5. The number of ether oxygens (including phenoxy) is 2. The van der Waals surface area contributed by atoms with E-state index in [1.54, 1.807) is 24.3 Å². The molecule has 9 heteroatoms. The third-order valence-corrected chi connectivity index (χ3v) is 7.14. The lowest BCUT2D eigenvalue weighted by Crippen LogP contribution is -2.27. The third kappa shape index (κ3) is 6.85. The summed E-state index contributed by atoms with van der Waals surface area (Å²) in [5.74, 6) is 0.213. The zero-order valence-electron chi connectivity index (χ0n) is 21.2. The van der Waals surface area contributed by atoms with Crippen LogP contribution in [0, 0.1) is 13.8 Å². The van der Waals surface area contributed by atoms with Crippen LogP contribution in [0.3, 0.4) is 0 Å². The van der Waals surface area contributed by atoms with Crippen LogP contribution in [0.15, 0.2) is 70.0 Å². The van der Waals surface area contributed by atoms with E-state index in [1.165, 1.54) is 4.90 Å². The molecule has 0 unspecified atom stereocenters. The predicted octanol–water partition coefficient (Wildman–Crippen LogP) is 6.72. The van der Waals surface area contributed by atoms with Crippen LogP contribution in [-0.4, -0.2) is 35.2 Å². The zero-order chi connectivity index (χ0) is 27.2. The minimum absolute atomic E-state index is 0.193. The van der Waals surface area contributed by atoms with Gasteiger partial charge in [-0.2, -0.15) is 0 Å². The third-order valence-electron chi connectivity index (χ3n) is 5.71. The van der Waals surface area contributed by atoms with Crippen molar-refractivity contribution in [2.75, 3.05) is 18.5 Å². The van der Waals surface area contributed by atoms with Crippen LogP contribution >= 0.6 is 27.7 Å². The molecule has 1 fully saturated rings. The average Bonchev–Trinajstić information content (AvgIpc) is 3.14. The fraction of sp³-hybridized carbons (Fsp3) is 0.207. The summed E-state index contributed by atoms with van der Waals surface area (Å²) < 4.78 is 12.4. The number of hydrogen-bond donors (Lipinski definition) is 1. The van der Waals surface area contributed by atoms with E-state index >= 15 is 0 Å². The van der Waals surface area contributed by atoms with E-state index in [-0.39, 0.29) is 30.2 Å². The number of imide groups is 1. The molecule has 38 heavy (non-hydrogen) atoms. The van der Waals surface area contributed by atoms with E-state index in [0.29, 0.717) is 28.6 Å². The number of halogens is 1. The van der Waals surface area contributed by atoms with E-state index in [0.717, 1.165) is 38.6 Å². The number of carbonyl (C=O) groups excluding carboxylic acids is 3. The van der Waals surface area contributed by atoms with E-state index in [4.69, 9.17) is 9.47 Å². The summed E-state index contributed by atoms with van der Waals surface area (Å²) in [6.07, 6.45) is 1.66.